The van der Waals surface area contributed by atoms with E-state index >= 15 is 0 Å². The molecule has 2 aromatic rings. The summed E-state index contributed by atoms with van der Waals surface area (Å²) in [7, 11) is -1.15. The van der Waals surface area contributed by atoms with Crippen molar-refractivity contribution in [3.63, 3.8) is 0 Å². The number of rotatable bonds is 7. The molecule has 1 N–H and O–H groups in total. The van der Waals surface area contributed by atoms with Crippen molar-refractivity contribution in [2.75, 3.05) is 14.2 Å². The largest absolute Gasteiger partial charge is 0.496 e. The molecule has 0 aromatic heterocycles. The summed E-state index contributed by atoms with van der Waals surface area (Å²) in [5.41, 5.74) is 1.58. The molecule has 0 aliphatic heterocycles. The molecular weight excluding hydrogens is 342 g/mol. The molecule has 0 unspecified atom stereocenters. The molecule has 1 atom stereocenters. The molecule has 2 aromatic carbocycles. The van der Waals surface area contributed by atoms with Crippen LogP contribution in [0.4, 0.5) is 0 Å². The van der Waals surface area contributed by atoms with Crippen molar-refractivity contribution in [3.8, 4) is 5.75 Å². The topological polar surface area (TPSA) is 83.9 Å². The molecule has 0 fully saturated rings. The summed E-state index contributed by atoms with van der Waals surface area (Å²) in [5.74, 6) is -0.687. The minimum absolute atomic E-state index is 0.00273. The number of hydrogen-bond donors (Lipinski definition) is 1. The van der Waals surface area contributed by atoms with Crippen LogP contribution in [0.1, 0.15) is 11.1 Å². The second-order valence-electron chi connectivity index (χ2n) is 5.71. The molecule has 0 amide bonds. The smallest absolute Gasteiger partial charge is 0.322 e. The summed E-state index contributed by atoms with van der Waals surface area (Å²) in [6.07, 6.45) is 0.00273. The summed E-state index contributed by atoms with van der Waals surface area (Å²) >= 11 is 0. The predicted octanol–water partition coefficient (Wildman–Crippen LogP) is 2.32. The van der Waals surface area contributed by atoms with Crippen LogP contribution in [0.25, 0.3) is 0 Å². The first kappa shape index (κ1) is 19.0. The van der Waals surface area contributed by atoms with Crippen molar-refractivity contribution in [1.29, 1.82) is 0 Å². The minimum atomic E-state index is -3.92. The number of benzene rings is 2. The Labute approximate surface area is 147 Å². The second kappa shape index (κ2) is 7.67. The van der Waals surface area contributed by atoms with Gasteiger partial charge in [-0.1, -0.05) is 35.9 Å². The number of ether oxygens (including phenoxy) is 1. The molecule has 7 heteroatoms. The van der Waals surface area contributed by atoms with Gasteiger partial charge in [-0.2, -0.15) is 4.31 Å². The molecule has 6 nitrogen and oxygen atoms in total. The van der Waals surface area contributed by atoms with E-state index in [9.17, 15) is 18.3 Å². The number of aliphatic carboxylic acids is 1. The van der Waals surface area contributed by atoms with E-state index in [1.54, 1.807) is 30.3 Å². The van der Waals surface area contributed by atoms with Crippen LogP contribution in [0.3, 0.4) is 0 Å². The number of aryl methyl sites for hydroxylation is 1. The Kier molecular flexibility index (Phi) is 5.81. The Morgan fingerprint density at radius 2 is 1.84 bits per heavy atom. The summed E-state index contributed by atoms with van der Waals surface area (Å²) in [6, 6.07) is 11.9. The third-order valence-electron chi connectivity index (χ3n) is 3.99. The number of likely N-dealkylation sites (N-methyl/N-ethyl adjacent to an activating group) is 1. The van der Waals surface area contributed by atoms with Gasteiger partial charge in [0.1, 0.15) is 11.8 Å². The van der Waals surface area contributed by atoms with Gasteiger partial charge in [-0.3, -0.25) is 4.79 Å². The molecular formula is C18H21NO5S. The maximum absolute atomic E-state index is 12.7. The number of sulfonamides is 1. The van der Waals surface area contributed by atoms with Gasteiger partial charge in [0.2, 0.25) is 10.0 Å². The zero-order valence-electron chi connectivity index (χ0n) is 14.3. The Hall–Kier alpha value is -2.38. The third-order valence-corrected chi connectivity index (χ3v) is 5.87. The molecule has 2 rings (SSSR count). The van der Waals surface area contributed by atoms with E-state index in [0.29, 0.717) is 11.3 Å². The molecule has 0 spiro atoms. The van der Waals surface area contributed by atoms with E-state index in [1.807, 2.05) is 13.0 Å². The van der Waals surface area contributed by atoms with Crippen molar-refractivity contribution in [1.82, 2.24) is 4.31 Å². The van der Waals surface area contributed by atoms with E-state index in [1.165, 1.54) is 26.3 Å². The summed E-state index contributed by atoms with van der Waals surface area (Å²) in [4.78, 5) is 11.8. The van der Waals surface area contributed by atoms with E-state index in [-0.39, 0.29) is 11.3 Å². The van der Waals surface area contributed by atoms with Crippen molar-refractivity contribution >= 4 is 16.0 Å². The minimum Gasteiger partial charge on any atom is -0.496 e. The highest BCUT2D eigenvalue weighted by Crippen LogP contribution is 2.24. The molecule has 0 heterocycles. The van der Waals surface area contributed by atoms with Crippen molar-refractivity contribution in [2.24, 2.45) is 0 Å². The van der Waals surface area contributed by atoms with Crippen LogP contribution in [-0.4, -0.2) is 44.0 Å². The molecule has 0 saturated heterocycles. The molecule has 0 radical (unpaired) electrons. The van der Waals surface area contributed by atoms with Gasteiger partial charge < -0.3 is 9.84 Å². The van der Waals surface area contributed by atoms with Crippen LogP contribution in [0.2, 0.25) is 0 Å². The molecule has 0 saturated carbocycles. The average Bonchev–Trinajstić information content (AvgIpc) is 2.59. The summed E-state index contributed by atoms with van der Waals surface area (Å²) < 4.78 is 31.6. The van der Waals surface area contributed by atoms with Crippen LogP contribution >= 0.6 is 0 Å². The fourth-order valence-electron chi connectivity index (χ4n) is 2.57. The van der Waals surface area contributed by atoms with Crippen LogP contribution < -0.4 is 4.74 Å². The van der Waals surface area contributed by atoms with E-state index in [0.717, 1.165) is 9.87 Å². The van der Waals surface area contributed by atoms with Gasteiger partial charge in [-0.05, 0) is 30.7 Å². The number of carboxylic acids is 1. The van der Waals surface area contributed by atoms with Crippen LogP contribution in [0.5, 0.6) is 5.75 Å². The van der Waals surface area contributed by atoms with Crippen LogP contribution in [0.15, 0.2) is 53.4 Å². The average molecular weight is 363 g/mol. The lowest BCUT2D eigenvalue weighted by molar-refractivity contribution is -0.141. The molecule has 0 aliphatic carbocycles. The fourth-order valence-corrected chi connectivity index (χ4v) is 3.91. The highest BCUT2D eigenvalue weighted by Gasteiger charge is 2.33. The van der Waals surface area contributed by atoms with Crippen molar-refractivity contribution in [3.05, 3.63) is 59.7 Å². The lowest BCUT2D eigenvalue weighted by Gasteiger charge is -2.25. The fraction of sp³-hybridized carbons (Fsp3) is 0.278. The van der Waals surface area contributed by atoms with Crippen LogP contribution in [-0.2, 0) is 21.2 Å². The first-order valence-corrected chi connectivity index (χ1v) is 9.10. The molecule has 0 aliphatic rings. The van der Waals surface area contributed by atoms with E-state index in [2.05, 4.69) is 0 Å². The van der Waals surface area contributed by atoms with Crippen molar-refractivity contribution < 1.29 is 23.1 Å². The zero-order chi connectivity index (χ0) is 18.6. The number of carboxylic acid groups (broad SMARTS) is 1. The SMILES string of the molecule is COc1ccc(C)cc1C[C@H](C(=O)O)N(C)S(=O)(=O)c1ccccc1. The van der Waals surface area contributed by atoms with Crippen molar-refractivity contribution in [2.45, 2.75) is 24.3 Å². The monoisotopic (exact) mass is 363 g/mol. The zero-order valence-corrected chi connectivity index (χ0v) is 15.2. The van der Waals surface area contributed by atoms with Gasteiger partial charge in [-0.15, -0.1) is 0 Å². The first-order chi connectivity index (χ1) is 11.8. The van der Waals surface area contributed by atoms with Gasteiger partial charge in [0.15, 0.2) is 0 Å². The van der Waals surface area contributed by atoms with Crippen LogP contribution in [0, 0.1) is 6.92 Å². The lowest BCUT2D eigenvalue weighted by atomic mass is 10.0. The second-order valence-corrected chi connectivity index (χ2v) is 7.71. The lowest BCUT2D eigenvalue weighted by Crippen LogP contribution is -2.43. The highest BCUT2D eigenvalue weighted by atomic mass is 32.2. The Morgan fingerprint density at radius 3 is 2.40 bits per heavy atom. The van der Waals surface area contributed by atoms with Gasteiger partial charge >= 0.3 is 5.97 Å². The number of nitrogens with zero attached hydrogens (tertiary/aromatic N) is 1. The van der Waals surface area contributed by atoms with Gasteiger partial charge in [-0.25, -0.2) is 8.42 Å². The van der Waals surface area contributed by atoms with Gasteiger partial charge in [0, 0.05) is 13.5 Å². The first-order valence-electron chi connectivity index (χ1n) is 7.66. The number of hydrogen-bond acceptors (Lipinski definition) is 4. The predicted molar refractivity (Wildman–Crippen MR) is 94.2 cm³/mol. The van der Waals surface area contributed by atoms with Gasteiger partial charge in [0.05, 0.1) is 12.0 Å². The summed E-state index contributed by atoms with van der Waals surface area (Å²) in [5, 5.41) is 9.60. The molecule has 134 valence electrons. The summed E-state index contributed by atoms with van der Waals surface area (Å²) in [6.45, 7) is 1.88. The molecule has 25 heavy (non-hydrogen) atoms. The van der Waals surface area contributed by atoms with Gasteiger partial charge in [0.25, 0.3) is 0 Å². The number of methoxy groups -OCH3 is 1. The standard InChI is InChI=1S/C18H21NO5S/c1-13-9-10-17(24-3)14(11-13)12-16(18(20)21)19(2)25(22,23)15-7-5-4-6-8-15/h4-11,16H,12H2,1-3H3,(H,20,21)/t16-/m1/s1. The molecule has 0 bridgehead atoms. The normalized spacial score (nSPS) is 12.8. The maximum atomic E-state index is 12.7. The highest BCUT2D eigenvalue weighted by molar-refractivity contribution is 7.89. The third kappa shape index (κ3) is 4.18. The van der Waals surface area contributed by atoms with E-state index in [4.69, 9.17) is 4.74 Å². The Balaban J connectivity index is 2.39. The number of carbonyl (C=O) groups is 1. The quantitative estimate of drug-likeness (QED) is 0.816. The van der Waals surface area contributed by atoms with E-state index < -0.39 is 22.0 Å². The maximum Gasteiger partial charge on any atom is 0.322 e. The Bertz CT molecular complexity index is 849. The Morgan fingerprint density at radius 1 is 1.20 bits per heavy atom.